The molecule has 3 rings (SSSR count). The molecule has 0 bridgehead atoms. The summed E-state index contributed by atoms with van der Waals surface area (Å²) in [6, 6.07) is 4.51. The number of carbonyl (C=O) groups excluding carboxylic acids is 2. The Hall–Kier alpha value is -3.46. The fourth-order valence-corrected chi connectivity index (χ4v) is 3.99. The van der Waals surface area contributed by atoms with Crippen molar-refractivity contribution < 1.29 is 28.0 Å². The number of benzene rings is 1. The Morgan fingerprint density at radius 3 is 2.75 bits per heavy atom. The number of nitriles is 1. The zero-order valence-corrected chi connectivity index (χ0v) is 18.3. The molecular formula is C20H22FN5O5S. The van der Waals surface area contributed by atoms with Crippen LogP contribution in [0.4, 0.5) is 10.1 Å². The number of nitrogens with two attached hydrogens (primary N) is 1. The number of phenols is 1. The maximum absolute atomic E-state index is 15.4. The van der Waals surface area contributed by atoms with Gasteiger partial charge in [0.2, 0.25) is 11.2 Å². The van der Waals surface area contributed by atoms with E-state index in [1.54, 1.807) is 13.8 Å². The van der Waals surface area contributed by atoms with Gasteiger partial charge in [-0.3, -0.25) is 18.9 Å². The molecule has 1 aliphatic heterocycles. The third-order valence-electron chi connectivity index (χ3n) is 4.95. The molecule has 0 spiro atoms. The zero-order chi connectivity index (χ0) is 23.6. The fourth-order valence-electron chi connectivity index (χ4n) is 2.82. The molecule has 12 heteroatoms. The number of hydrogen-bond donors (Lipinski definition) is 2. The van der Waals surface area contributed by atoms with E-state index < -0.39 is 65.0 Å². The van der Waals surface area contributed by atoms with E-state index in [4.69, 9.17) is 15.7 Å². The Labute approximate surface area is 186 Å². The number of phenolic OH excluding ortho intramolecular Hbond substituents is 1. The maximum atomic E-state index is 15.4. The van der Waals surface area contributed by atoms with E-state index in [0.717, 1.165) is 14.8 Å². The second kappa shape index (κ2) is 8.96. The van der Waals surface area contributed by atoms with E-state index in [9.17, 15) is 18.9 Å². The standard InChI is InChI=1S/C20H22FN5O5S/c1-12(2)19(29)31-11-26-16(28)9-25(32(26)30)18-15(27)4-3-14(17(18)21)13(7-22)8-24-20(10-23)5-6-20/h3-4,7-8,12,27H,5-6,9,11,22H2,1-2H3/b13-7+,24-8?. The summed E-state index contributed by atoms with van der Waals surface area (Å²) in [7, 11) is 0. The number of allylic oxidation sites excluding steroid dienone is 1. The molecule has 1 saturated heterocycles. The Morgan fingerprint density at radius 1 is 1.50 bits per heavy atom. The van der Waals surface area contributed by atoms with Crippen LogP contribution in [0.1, 0.15) is 32.3 Å². The summed E-state index contributed by atoms with van der Waals surface area (Å²) in [5, 5.41) is 19.4. The number of halogens is 1. The monoisotopic (exact) mass is 463 g/mol. The lowest BCUT2D eigenvalue weighted by atomic mass is 10.1. The molecule has 1 aromatic rings. The van der Waals surface area contributed by atoms with Crippen LogP contribution >= 0.6 is 0 Å². The molecule has 1 aromatic carbocycles. The van der Waals surface area contributed by atoms with Crippen molar-refractivity contribution in [3.63, 3.8) is 0 Å². The molecule has 1 atom stereocenters. The summed E-state index contributed by atoms with van der Waals surface area (Å²) in [6.45, 7) is 2.12. The first-order valence-corrected chi connectivity index (χ1v) is 10.8. The summed E-state index contributed by atoms with van der Waals surface area (Å²) >= 11 is -2.25. The molecule has 2 aliphatic rings. The van der Waals surface area contributed by atoms with Crippen molar-refractivity contribution in [1.29, 1.82) is 5.26 Å². The topological polar surface area (TPSA) is 149 Å². The molecule has 0 radical (unpaired) electrons. The lowest BCUT2D eigenvalue weighted by Gasteiger charge is -2.20. The SMILES string of the molecule is CC(C)C(=O)OCN1C(=O)CN(c2c(O)ccc(/C(C=NC3(C#N)CC3)=C/N)c2F)S1=O. The van der Waals surface area contributed by atoms with Crippen molar-refractivity contribution in [3.05, 3.63) is 29.7 Å². The minimum atomic E-state index is -2.25. The average molecular weight is 463 g/mol. The highest BCUT2D eigenvalue weighted by Crippen LogP contribution is 2.40. The molecule has 0 aromatic heterocycles. The molecule has 3 N–H and O–H groups in total. The number of ether oxygens (including phenoxy) is 1. The van der Waals surface area contributed by atoms with Crippen molar-refractivity contribution in [3.8, 4) is 11.8 Å². The van der Waals surface area contributed by atoms with Crippen molar-refractivity contribution >= 4 is 40.5 Å². The van der Waals surface area contributed by atoms with Crippen LogP contribution < -0.4 is 10.0 Å². The number of carbonyl (C=O) groups is 2. The lowest BCUT2D eigenvalue weighted by Crippen LogP contribution is -2.32. The number of aliphatic imine (C=N–C) groups is 1. The molecule has 1 unspecified atom stereocenters. The first-order chi connectivity index (χ1) is 15.1. The highest BCUT2D eigenvalue weighted by molar-refractivity contribution is 7.85. The number of hydrogen-bond acceptors (Lipinski definition) is 8. The second-order valence-corrected chi connectivity index (χ2v) is 8.95. The van der Waals surface area contributed by atoms with Crippen LogP contribution in [-0.2, 0) is 25.5 Å². The Kier molecular flexibility index (Phi) is 6.50. The molecular weight excluding hydrogens is 441 g/mol. The van der Waals surface area contributed by atoms with Crippen LogP contribution in [0.15, 0.2) is 23.3 Å². The molecule has 10 nitrogen and oxygen atoms in total. The van der Waals surface area contributed by atoms with Gasteiger partial charge in [-0.05, 0) is 25.0 Å². The largest absolute Gasteiger partial charge is 0.506 e. The van der Waals surface area contributed by atoms with Gasteiger partial charge in [0.15, 0.2) is 12.5 Å². The number of nitrogens with zero attached hydrogens (tertiary/aromatic N) is 4. The van der Waals surface area contributed by atoms with E-state index in [-0.39, 0.29) is 11.1 Å². The predicted octanol–water partition coefficient (Wildman–Crippen LogP) is 1.34. The number of amides is 1. The first kappa shape index (κ1) is 23.2. The van der Waals surface area contributed by atoms with Gasteiger partial charge in [0.05, 0.1) is 12.0 Å². The maximum Gasteiger partial charge on any atom is 0.310 e. The summed E-state index contributed by atoms with van der Waals surface area (Å²) < 4.78 is 34.8. The molecule has 170 valence electrons. The number of aromatic hydroxyl groups is 1. The average Bonchev–Trinajstić information content (AvgIpc) is 3.49. The van der Waals surface area contributed by atoms with Crippen LogP contribution in [0.5, 0.6) is 5.75 Å². The minimum Gasteiger partial charge on any atom is -0.506 e. The van der Waals surface area contributed by atoms with E-state index in [1.165, 1.54) is 18.3 Å². The van der Waals surface area contributed by atoms with E-state index in [0.29, 0.717) is 12.8 Å². The fraction of sp³-hybridized carbons (Fsp3) is 0.400. The van der Waals surface area contributed by atoms with Gasteiger partial charge in [-0.2, -0.15) is 5.26 Å². The van der Waals surface area contributed by atoms with Gasteiger partial charge in [0, 0.05) is 23.6 Å². The zero-order valence-electron chi connectivity index (χ0n) is 17.4. The third-order valence-corrected chi connectivity index (χ3v) is 6.32. The van der Waals surface area contributed by atoms with Crippen molar-refractivity contribution in [2.45, 2.75) is 32.2 Å². The third kappa shape index (κ3) is 4.43. The van der Waals surface area contributed by atoms with Gasteiger partial charge in [-0.25, -0.2) is 12.9 Å². The molecule has 1 amide bonds. The number of rotatable bonds is 7. The lowest BCUT2D eigenvalue weighted by molar-refractivity contribution is -0.151. The normalized spacial score (nSPS) is 20.2. The molecule has 1 aliphatic carbocycles. The van der Waals surface area contributed by atoms with E-state index >= 15 is 4.39 Å². The van der Waals surface area contributed by atoms with Crippen LogP contribution in [0.3, 0.4) is 0 Å². The number of anilines is 1. The van der Waals surface area contributed by atoms with Gasteiger partial charge in [0.25, 0.3) is 5.91 Å². The van der Waals surface area contributed by atoms with Gasteiger partial charge in [-0.1, -0.05) is 13.8 Å². The van der Waals surface area contributed by atoms with Gasteiger partial charge < -0.3 is 15.6 Å². The highest BCUT2D eigenvalue weighted by Gasteiger charge is 2.43. The first-order valence-electron chi connectivity index (χ1n) is 9.71. The summed E-state index contributed by atoms with van der Waals surface area (Å²) in [4.78, 5) is 28.1. The van der Waals surface area contributed by atoms with Crippen LogP contribution in [-0.4, -0.2) is 50.5 Å². The predicted molar refractivity (Wildman–Crippen MR) is 114 cm³/mol. The smallest absolute Gasteiger partial charge is 0.310 e. The van der Waals surface area contributed by atoms with E-state index in [2.05, 4.69) is 11.1 Å². The quantitative estimate of drug-likeness (QED) is 0.458. The van der Waals surface area contributed by atoms with Gasteiger partial charge in [0.1, 0.15) is 23.5 Å². The summed E-state index contributed by atoms with van der Waals surface area (Å²) in [6.07, 6.45) is 3.56. The van der Waals surface area contributed by atoms with Gasteiger partial charge in [-0.15, -0.1) is 0 Å². The van der Waals surface area contributed by atoms with Crippen LogP contribution in [0.2, 0.25) is 0 Å². The van der Waals surface area contributed by atoms with E-state index in [1.807, 2.05) is 0 Å². The Morgan fingerprint density at radius 2 is 2.19 bits per heavy atom. The second-order valence-electron chi connectivity index (χ2n) is 7.61. The van der Waals surface area contributed by atoms with Crippen molar-refractivity contribution in [2.75, 3.05) is 17.6 Å². The molecule has 32 heavy (non-hydrogen) atoms. The highest BCUT2D eigenvalue weighted by atomic mass is 32.2. The Bertz CT molecular complexity index is 1080. The molecule has 1 heterocycles. The summed E-state index contributed by atoms with van der Waals surface area (Å²) in [5.41, 5.74) is 4.40. The van der Waals surface area contributed by atoms with Crippen molar-refractivity contribution in [2.24, 2.45) is 16.6 Å². The number of esters is 1. The van der Waals surface area contributed by atoms with Gasteiger partial charge >= 0.3 is 5.97 Å². The minimum absolute atomic E-state index is 0.0630. The molecule has 1 saturated carbocycles. The summed E-state index contributed by atoms with van der Waals surface area (Å²) in [5.74, 6) is -3.24. The molecule has 2 fully saturated rings. The van der Waals surface area contributed by atoms with Crippen LogP contribution in [0.25, 0.3) is 5.57 Å². The Balaban J connectivity index is 1.89. The van der Waals surface area contributed by atoms with Crippen LogP contribution in [0, 0.1) is 23.1 Å². The van der Waals surface area contributed by atoms with Crippen molar-refractivity contribution in [1.82, 2.24) is 4.31 Å².